The molecule has 28 heavy (non-hydrogen) atoms. The lowest BCUT2D eigenvalue weighted by Gasteiger charge is -2.03. The molecule has 0 saturated carbocycles. The molecule has 2 N–H and O–H groups in total. The molecule has 0 aliphatic carbocycles. The Morgan fingerprint density at radius 2 is 1.00 bits per heavy atom. The summed E-state index contributed by atoms with van der Waals surface area (Å²) in [4.78, 5) is 68.8. The molecule has 0 fully saturated rings. The fourth-order valence-corrected chi connectivity index (χ4v) is 2.22. The minimum absolute atomic E-state index is 0.0232. The third kappa shape index (κ3) is 14.7. The maximum Gasteiger partial charge on any atom is 0.319 e. The summed E-state index contributed by atoms with van der Waals surface area (Å²) >= 11 is 0. The zero-order valence-electron chi connectivity index (χ0n) is 16.2. The molecule has 0 bridgehead atoms. The first-order valence-corrected chi connectivity index (χ1v) is 9.33. The summed E-state index contributed by atoms with van der Waals surface area (Å²) in [6.07, 6.45) is 2.23. The Labute approximate surface area is 164 Å². The number of ketones is 5. The Hall–Kier alpha value is -2.48. The molecule has 0 aliphatic rings. The Morgan fingerprint density at radius 3 is 1.36 bits per heavy atom. The molecule has 0 aromatic heterocycles. The second kappa shape index (κ2) is 15.6. The Morgan fingerprint density at radius 1 is 0.643 bits per heavy atom. The number of allylic oxidation sites excluding steroid dienone is 1. The van der Waals surface area contributed by atoms with E-state index in [9.17, 15) is 28.8 Å². The van der Waals surface area contributed by atoms with Gasteiger partial charge in [0.15, 0.2) is 0 Å². The van der Waals surface area contributed by atoms with Crippen molar-refractivity contribution >= 4 is 34.9 Å². The zero-order valence-corrected chi connectivity index (χ0v) is 16.2. The first kappa shape index (κ1) is 25.5. The minimum atomic E-state index is -0.593. The molecule has 0 unspecified atom stereocenters. The number of rotatable bonds is 18. The van der Waals surface area contributed by atoms with Gasteiger partial charge in [-0.05, 0) is 0 Å². The second-order valence-electron chi connectivity index (χ2n) is 6.36. The van der Waals surface area contributed by atoms with Crippen molar-refractivity contribution in [1.29, 1.82) is 0 Å². The van der Waals surface area contributed by atoms with E-state index in [0.29, 0.717) is 0 Å². The van der Waals surface area contributed by atoms with Crippen LogP contribution in [0.25, 0.3) is 0 Å². The van der Waals surface area contributed by atoms with Crippen LogP contribution in [0.5, 0.6) is 0 Å². The van der Waals surface area contributed by atoms with Gasteiger partial charge in [-0.2, -0.15) is 0 Å². The molecule has 0 amide bonds. The monoisotopic (exact) mass is 395 g/mol. The fourth-order valence-electron chi connectivity index (χ4n) is 2.22. The van der Waals surface area contributed by atoms with Gasteiger partial charge in [0.2, 0.25) is 0 Å². The Kier molecular flexibility index (Phi) is 14.2. The van der Waals surface area contributed by atoms with Gasteiger partial charge in [-0.25, -0.2) is 0 Å². The van der Waals surface area contributed by atoms with Crippen LogP contribution < -0.4 is 5.73 Å². The van der Waals surface area contributed by atoms with Gasteiger partial charge in [-0.1, -0.05) is 6.08 Å². The normalized spacial score (nSPS) is 10.2. The average molecular weight is 395 g/mol. The summed E-state index contributed by atoms with van der Waals surface area (Å²) in [5, 5.41) is 0. The zero-order chi connectivity index (χ0) is 21.4. The number of Topliss-reactive ketones (excluding diaryl/α,β-unsaturated/α-hetero) is 5. The quantitative estimate of drug-likeness (QED) is 0.272. The van der Waals surface area contributed by atoms with E-state index in [1.807, 2.05) is 0 Å². The number of carbonyl (C=O) groups excluding carboxylic acids is 6. The van der Waals surface area contributed by atoms with Crippen molar-refractivity contribution in [1.82, 2.24) is 0 Å². The average Bonchev–Trinajstić information content (AvgIpc) is 2.67. The highest BCUT2D eigenvalue weighted by molar-refractivity contribution is 5.91. The largest absolute Gasteiger partial charge is 0.464 e. The number of carbonyl (C=O) groups is 6. The van der Waals surface area contributed by atoms with E-state index in [0.717, 1.165) is 0 Å². The van der Waals surface area contributed by atoms with Crippen LogP contribution in [-0.2, 0) is 33.5 Å². The first-order valence-electron chi connectivity index (χ1n) is 9.33. The number of esters is 1. The number of nitrogens with two attached hydrogens (primary N) is 1. The highest BCUT2D eigenvalue weighted by Crippen LogP contribution is 2.07. The fraction of sp³-hybridized carbons (Fsp3) is 0.600. The molecule has 0 atom stereocenters. The summed E-state index contributed by atoms with van der Waals surface area (Å²) in [6.45, 7) is 3.14. The molecule has 0 aliphatic heterocycles. The van der Waals surface area contributed by atoms with Gasteiger partial charge >= 0.3 is 5.97 Å². The van der Waals surface area contributed by atoms with Crippen LogP contribution in [0, 0.1) is 0 Å². The van der Waals surface area contributed by atoms with E-state index in [1.54, 1.807) is 0 Å². The Bertz CT molecular complexity index is 595. The summed E-state index contributed by atoms with van der Waals surface area (Å²) in [7, 11) is 0. The third-order valence-corrected chi connectivity index (χ3v) is 3.91. The summed E-state index contributed by atoms with van der Waals surface area (Å²) in [6, 6.07) is 0. The van der Waals surface area contributed by atoms with Crippen LogP contribution in [-0.4, -0.2) is 48.0 Å². The molecule has 8 nitrogen and oxygen atoms in total. The van der Waals surface area contributed by atoms with Gasteiger partial charge in [0.1, 0.15) is 28.9 Å². The van der Waals surface area contributed by atoms with E-state index >= 15 is 0 Å². The second-order valence-corrected chi connectivity index (χ2v) is 6.36. The van der Waals surface area contributed by atoms with E-state index < -0.39 is 5.97 Å². The van der Waals surface area contributed by atoms with Crippen LogP contribution in [0.15, 0.2) is 12.7 Å². The molecule has 0 saturated heterocycles. The van der Waals surface area contributed by atoms with Gasteiger partial charge < -0.3 is 10.5 Å². The standard InChI is InChI=1S/C20H29NO7/c1-2-3-15(22)4-5-16(23)6-7-17(24)8-9-18(25)10-11-19(26)12-13-28-20(27)14-21/h2H,1,3-14,21H2. The van der Waals surface area contributed by atoms with E-state index in [4.69, 9.17) is 5.73 Å². The molecule has 0 heterocycles. The summed E-state index contributed by atoms with van der Waals surface area (Å²) in [5.74, 6) is -1.42. The van der Waals surface area contributed by atoms with Crippen molar-refractivity contribution in [3.8, 4) is 0 Å². The van der Waals surface area contributed by atoms with Crippen LogP contribution in [0.1, 0.15) is 64.2 Å². The number of ether oxygens (including phenoxy) is 1. The summed E-state index contributed by atoms with van der Waals surface area (Å²) in [5.41, 5.74) is 5.05. The SMILES string of the molecule is C=CCC(=O)CCC(=O)CCC(=O)CCC(=O)CCC(=O)CCOC(=O)CN. The molecule has 8 heteroatoms. The van der Waals surface area contributed by atoms with Crippen LogP contribution in [0.4, 0.5) is 0 Å². The maximum absolute atomic E-state index is 11.8. The highest BCUT2D eigenvalue weighted by atomic mass is 16.5. The molecule has 0 radical (unpaired) electrons. The van der Waals surface area contributed by atoms with Crippen molar-refractivity contribution < 1.29 is 33.5 Å². The van der Waals surface area contributed by atoms with Crippen LogP contribution in [0.2, 0.25) is 0 Å². The van der Waals surface area contributed by atoms with Gasteiger partial charge in [0, 0.05) is 64.2 Å². The predicted molar refractivity (Wildman–Crippen MR) is 101 cm³/mol. The summed E-state index contributed by atoms with van der Waals surface area (Å²) < 4.78 is 4.67. The minimum Gasteiger partial charge on any atom is -0.464 e. The highest BCUT2D eigenvalue weighted by Gasteiger charge is 2.12. The van der Waals surface area contributed by atoms with Crippen molar-refractivity contribution in [2.75, 3.05) is 13.2 Å². The first-order chi connectivity index (χ1) is 13.3. The smallest absolute Gasteiger partial charge is 0.319 e. The van der Waals surface area contributed by atoms with Gasteiger partial charge in [-0.3, -0.25) is 28.8 Å². The van der Waals surface area contributed by atoms with E-state index in [-0.39, 0.29) is 106 Å². The lowest BCUT2D eigenvalue weighted by atomic mass is 10.0. The molecule has 0 aromatic rings. The lowest BCUT2D eigenvalue weighted by molar-refractivity contribution is -0.142. The molecule has 0 aromatic carbocycles. The topological polar surface area (TPSA) is 138 Å². The van der Waals surface area contributed by atoms with Crippen molar-refractivity contribution in [2.24, 2.45) is 5.73 Å². The number of hydrogen-bond acceptors (Lipinski definition) is 8. The molecular formula is C20H29NO7. The third-order valence-electron chi connectivity index (χ3n) is 3.91. The van der Waals surface area contributed by atoms with E-state index in [1.165, 1.54) is 6.08 Å². The van der Waals surface area contributed by atoms with Gasteiger partial charge in [0.05, 0.1) is 13.2 Å². The van der Waals surface area contributed by atoms with Crippen molar-refractivity contribution in [3.63, 3.8) is 0 Å². The molecule has 0 spiro atoms. The molecule has 156 valence electrons. The van der Waals surface area contributed by atoms with Gasteiger partial charge in [0.25, 0.3) is 0 Å². The molecule has 0 rings (SSSR count). The van der Waals surface area contributed by atoms with Gasteiger partial charge in [-0.15, -0.1) is 6.58 Å². The van der Waals surface area contributed by atoms with Crippen LogP contribution in [0.3, 0.4) is 0 Å². The predicted octanol–water partition coefficient (Wildman–Crippen LogP) is 1.42. The van der Waals surface area contributed by atoms with Crippen LogP contribution >= 0.6 is 0 Å². The van der Waals surface area contributed by atoms with E-state index in [2.05, 4.69) is 11.3 Å². The van der Waals surface area contributed by atoms with Crippen molar-refractivity contribution in [3.05, 3.63) is 12.7 Å². The Balaban J connectivity index is 3.82. The van der Waals surface area contributed by atoms with Crippen molar-refractivity contribution in [2.45, 2.75) is 64.2 Å². The number of hydrogen-bond donors (Lipinski definition) is 1. The molecular weight excluding hydrogens is 366 g/mol. The maximum atomic E-state index is 11.8. The lowest BCUT2D eigenvalue weighted by Crippen LogP contribution is -2.18.